The Labute approximate surface area is 405 Å². The maximum atomic E-state index is 4.66. The summed E-state index contributed by atoms with van der Waals surface area (Å²) >= 11 is 1.97. The third-order valence-corrected chi connectivity index (χ3v) is 14.5. The third kappa shape index (κ3) is 8.10. The third-order valence-electron chi connectivity index (χ3n) is 13.1. The molecule has 1 aliphatic heterocycles. The number of allylic oxidation sites excluding steroid dienone is 2. The van der Waals surface area contributed by atoms with Gasteiger partial charge in [-0.15, -0.1) is 18.2 Å². The molecule has 68 heavy (non-hydrogen) atoms. The zero-order valence-corrected chi connectivity index (χ0v) is 39.7. The largest absolute Gasteiger partial charge is 0.309 e. The Morgan fingerprint density at radius 1 is 0.515 bits per heavy atom. The van der Waals surface area contributed by atoms with Crippen molar-refractivity contribution in [3.05, 3.63) is 242 Å². The maximum absolute atomic E-state index is 4.66. The van der Waals surface area contributed by atoms with E-state index in [1.807, 2.05) is 11.8 Å². The van der Waals surface area contributed by atoms with Gasteiger partial charge in [0.1, 0.15) is 0 Å². The second-order valence-electron chi connectivity index (χ2n) is 17.7. The fourth-order valence-electron chi connectivity index (χ4n) is 9.96. The molecule has 0 aliphatic carbocycles. The van der Waals surface area contributed by atoms with Gasteiger partial charge < -0.3 is 4.57 Å². The molecule has 10 aromatic carbocycles. The van der Waals surface area contributed by atoms with E-state index >= 15 is 0 Å². The van der Waals surface area contributed by atoms with Crippen LogP contribution >= 0.6 is 11.8 Å². The molecular weight excluding hydrogens is 839 g/mol. The highest BCUT2D eigenvalue weighted by Crippen LogP contribution is 2.49. The Morgan fingerprint density at radius 3 is 1.68 bits per heavy atom. The van der Waals surface area contributed by atoms with Crippen LogP contribution in [-0.2, 0) is 5.41 Å². The highest BCUT2D eigenvalue weighted by atomic mass is 32.2. The number of hydrogen-bond acceptors (Lipinski definition) is 1. The summed E-state index contributed by atoms with van der Waals surface area (Å²) in [5, 5.41) is 10.2. The number of terminal acetylenes is 1. The highest BCUT2D eigenvalue weighted by molar-refractivity contribution is 8.08. The molecule has 0 amide bonds. The molecule has 1 unspecified atom stereocenters. The van der Waals surface area contributed by atoms with Gasteiger partial charge in [-0.1, -0.05) is 222 Å². The number of fused-ring (bicyclic) bond motifs is 9. The van der Waals surface area contributed by atoms with Crippen molar-refractivity contribution in [2.75, 3.05) is 5.75 Å². The molecular formula is C66H53NS. The minimum absolute atomic E-state index is 0.0359. The summed E-state index contributed by atoms with van der Waals surface area (Å²) in [7, 11) is 0. The lowest BCUT2D eigenvalue weighted by Crippen LogP contribution is -2.18. The van der Waals surface area contributed by atoms with E-state index < -0.39 is 0 Å². The first kappa shape index (κ1) is 44.0. The monoisotopic (exact) mass is 891 g/mol. The minimum atomic E-state index is -0.0359. The lowest BCUT2D eigenvalue weighted by molar-refractivity contribution is 0.693. The highest BCUT2D eigenvalue weighted by Gasteiger charge is 2.31. The number of thioether (sulfide) groups is 1. The first-order chi connectivity index (χ1) is 33.4. The number of para-hydroxylation sites is 1. The van der Waals surface area contributed by atoms with Crippen LogP contribution in [0.2, 0.25) is 0 Å². The molecule has 0 N–H and O–H groups in total. The van der Waals surface area contributed by atoms with Gasteiger partial charge in [-0.3, -0.25) is 0 Å². The van der Waals surface area contributed by atoms with Crippen molar-refractivity contribution in [3.63, 3.8) is 0 Å². The first-order valence-corrected chi connectivity index (χ1v) is 24.6. The Hall–Kier alpha value is -7.83. The van der Waals surface area contributed by atoms with Gasteiger partial charge in [-0.05, 0) is 119 Å². The molecule has 1 aromatic heterocycles. The van der Waals surface area contributed by atoms with E-state index in [1.165, 1.54) is 116 Å². The molecule has 0 radical (unpaired) electrons. The molecule has 2 heteroatoms. The molecule has 0 spiro atoms. The van der Waals surface area contributed by atoms with Crippen molar-refractivity contribution >= 4 is 70.8 Å². The topological polar surface area (TPSA) is 4.93 Å². The lowest BCUT2D eigenvalue weighted by atomic mass is 9.83. The predicted molar refractivity (Wildman–Crippen MR) is 299 cm³/mol. The van der Waals surface area contributed by atoms with Gasteiger partial charge in [0.15, 0.2) is 0 Å². The molecule has 328 valence electrons. The van der Waals surface area contributed by atoms with E-state index in [-0.39, 0.29) is 5.41 Å². The zero-order chi connectivity index (χ0) is 46.6. The number of hydrogen-bond donors (Lipinski definition) is 0. The van der Waals surface area contributed by atoms with Crippen LogP contribution in [0.1, 0.15) is 38.3 Å². The van der Waals surface area contributed by atoms with E-state index in [1.54, 1.807) is 0 Å². The lowest BCUT2D eigenvalue weighted by Gasteiger charge is -2.21. The van der Waals surface area contributed by atoms with Gasteiger partial charge >= 0.3 is 0 Å². The second kappa shape index (κ2) is 19.2. The van der Waals surface area contributed by atoms with Crippen molar-refractivity contribution in [1.82, 2.24) is 4.57 Å². The van der Waals surface area contributed by atoms with Crippen molar-refractivity contribution in [3.8, 4) is 51.4 Å². The van der Waals surface area contributed by atoms with Crippen molar-refractivity contribution in [2.24, 2.45) is 0 Å². The maximum Gasteiger partial charge on any atom is 0.0547 e. The molecule has 0 fully saturated rings. The van der Waals surface area contributed by atoms with Crippen LogP contribution in [0.4, 0.5) is 0 Å². The summed E-state index contributed by atoms with van der Waals surface area (Å²) in [6.07, 6.45) is 9.82. The molecule has 11 aromatic rings. The summed E-state index contributed by atoms with van der Waals surface area (Å²) in [6, 6.07) is 78.5. The van der Waals surface area contributed by atoms with Crippen LogP contribution in [0.5, 0.6) is 0 Å². The fraction of sp³-hybridized carbons (Fsp3) is 0.0909. The summed E-state index contributed by atoms with van der Waals surface area (Å²) in [4.78, 5) is 1.34. The smallest absolute Gasteiger partial charge is 0.0547 e. The first-order valence-electron chi connectivity index (χ1n) is 23.6. The van der Waals surface area contributed by atoms with Gasteiger partial charge in [0.2, 0.25) is 0 Å². The molecule has 12 rings (SSSR count). The molecule has 1 atom stereocenters. The SMILES string of the molecule is C#CC=C.CC1(c2ccccc2)C=C(c2ccc(-c3ccc4c5ccccc5c5ccccc5c4c3)c(-c3cccc4c3c3ccccc3n4-c3ccc(-c4ccccc4)cc3)c2)SC1.CCC. The van der Waals surface area contributed by atoms with Gasteiger partial charge in [0.25, 0.3) is 0 Å². The van der Waals surface area contributed by atoms with Crippen LogP contribution in [0, 0.1) is 12.3 Å². The number of benzene rings is 10. The van der Waals surface area contributed by atoms with E-state index in [0.29, 0.717) is 0 Å². The van der Waals surface area contributed by atoms with Crippen molar-refractivity contribution in [2.45, 2.75) is 32.6 Å². The van der Waals surface area contributed by atoms with Gasteiger partial charge in [-0.25, -0.2) is 0 Å². The molecule has 2 heterocycles. The van der Waals surface area contributed by atoms with Crippen LogP contribution < -0.4 is 0 Å². The summed E-state index contributed by atoms with van der Waals surface area (Å²) in [5.41, 5.74) is 13.5. The standard InChI is InChI=1S/C59H41NS.C4H4.C3H8/c1-59(43-17-6-3-7-18-43)37-57(61-38-59)42-30-33-45(41-29-34-50-48-21-9-8-19-46(48)47-20-10-11-22-49(47)54(50)35-41)53(36-42)51-24-14-26-56-58(51)52-23-12-13-25-55(52)60(56)44-31-27-40(28-32-44)39-15-4-2-5-16-39;1-3-4-2;1-3-2/h2-37H,38H2,1H3;1,4H,2H2;3H2,1-2H3. The molecule has 0 saturated carbocycles. The molecule has 1 aliphatic rings. The molecule has 1 nitrogen and oxygen atoms in total. The average molecular weight is 892 g/mol. The Kier molecular flexibility index (Phi) is 12.4. The Morgan fingerprint density at radius 2 is 1.03 bits per heavy atom. The predicted octanol–water partition coefficient (Wildman–Crippen LogP) is 18.5. The quantitative estimate of drug-likeness (QED) is 0.119. The number of aromatic nitrogens is 1. The van der Waals surface area contributed by atoms with Crippen LogP contribution in [0.3, 0.4) is 0 Å². The van der Waals surface area contributed by atoms with E-state index in [9.17, 15) is 0 Å². The van der Waals surface area contributed by atoms with E-state index in [2.05, 4.69) is 263 Å². The normalized spacial score (nSPS) is 14.2. The summed E-state index contributed by atoms with van der Waals surface area (Å²) < 4.78 is 2.44. The van der Waals surface area contributed by atoms with Crippen molar-refractivity contribution < 1.29 is 0 Å². The number of nitrogens with zero attached hydrogens (tertiary/aromatic N) is 1. The summed E-state index contributed by atoms with van der Waals surface area (Å²) in [5.74, 6) is 3.21. The Bertz CT molecular complexity index is 3660. The van der Waals surface area contributed by atoms with Crippen LogP contribution in [-0.4, -0.2) is 10.3 Å². The summed E-state index contributed by atoms with van der Waals surface area (Å²) in [6.45, 7) is 9.87. The minimum Gasteiger partial charge on any atom is -0.309 e. The van der Waals surface area contributed by atoms with Crippen LogP contribution in [0.25, 0.3) is 98.1 Å². The second-order valence-corrected chi connectivity index (χ2v) is 18.8. The molecule has 0 saturated heterocycles. The Balaban J connectivity index is 0.000000725. The van der Waals surface area contributed by atoms with E-state index in [0.717, 1.165) is 11.4 Å². The van der Waals surface area contributed by atoms with E-state index in [4.69, 9.17) is 0 Å². The van der Waals surface area contributed by atoms with Crippen LogP contribution in [0.15, 0.2) is 231 Å². The zero-order valence-electron chi connectivity index (χ0n) is 38.9. The van der Waals surface area contributed by atoms with Gasteiger partial charge in [0.05, 0.1) is 11.0 Å². The van der Waals surface area contributed by atoms with Crippen molar-refractivity contribution in [1.29, 1.82) is 0 Å². The van der Waals surface area contributed by atoms with Gasteiger partial charge in [0, 0.05) is 32.5 Å². The average Bonchev–Trinajstić information content (AvgIpc) is 3.98. The van der Waals surface area contributed by atoms with Gasteiger partial charge in [-0.2, -0.15) is 0 Å². The molecule has 0 bridgehead atoms. The fourth-order valence-corrected chi connectivity index (χ4v) is 11.3. The number of rotatable bonds is 6.